The third-order valence-corrected chi connectivity index (χ3v) is 2.27. The zero-order valence-corrected chi connectivity index (χ0v) is 10.4. The van der Waals surface area contributed by atoms with Gasteiger partial charge in [-0.05, 0) is 18.2 Å². The summed E-state index contributed by atoms with van der Waals surface area (Å²) in [6.07, 6.45) is 0. The van der Waals surface area contributed by atoms with Crippen LogP contribution in [-0.4, -0.2) is 33.5 Å². The van der Waals surface area contributed by atoms with E-state index in [2.05, 4.69) is 0 Å². The lowest BCUT2D eigenvalue weighted by atomic mass is 10.2. The van der Waals surface area contributed by atoms with Gasteiger partial charge in [-0.3, -0.25) is 0 Å². The Morgan fingerprint density at radius 1 is 1.24 bits per heavy atom. The smallest absolute Gasteiger partial charge is 0.138 e. The molecule has 0 atom stereocenters. The molecule has 0 amide bonds. The predicted octanol–water partition coefficient (Wildman–Crippen LogP) is 2.25. The number of nitriles is 1. The summed E-state index contributed by atoms with van der Waals surface area (Å²) in [6.45, 7) is 1.99. The van der Waals surface area contributed by atoms with Crippen LogP contribution in [0.3, 0.4) is 0 Å². The van der Waals surface area contributed by atoms with Crippen molar-refractivity contribution in [3.8, 4) is 11.8 Å². The average molecular weight is 256 g/mol. The highest BCUT2D eigenvalue weighted by molar-refractivity contribution is 6.32. The minimum absolute atomic E-state index is 0.412. The van der Waals surface area contributed by atoms with E-state index >= 15 is 0 Å². The number of nitrogens with zero attached hydrogens (tertiary/aromatic N) is 1. The summed E-state index contributed by atoms with van der Waals surface area (Å²) in [7, 11) is 1.62. The molecule has 0 heterocycles. The molecule has 92 valence electrons. The van der Waals surface area contributed by atoms with Crippen LogP contribution in [-0.2, 0) is 9.47 Å². The Morgan fingerprint density at radius 3 is 2.65 bits per heavy atom. The van der Waals surface area contributed by atoms with E-state index in [1.54, 1.807) is 25.3 Å². The summed E-state index contributed by atoms with van der Waals surface area (Å²) in [5, 5.41) is 9.10. The van der Waals surface area contributed by atoms with Crippen LogP contribution in [0.2, 0.25) is 5.02 Å². The van der Waals surface area contributed by atoms with Crippen LogP contribution in [0.1, 0.15) is 5.56 Å². The summed E-state index contributed by atoms with van der Waals surface area (Å²) in [6, 6.07) is 6.92. The molecule has 0 bridgehead atoms. The number of hydrogen-bond acceptors (Lipinski definition) is 4. The Bertz CT molecular complexity index is 390. The van der Waals surface area contributed by atoms with Crippen molar-refractivity contribution in [2.45, 2.75) is 0 Å². The van der Waals surface area contributed by atoms with Crippen molar-refractivity contribution in [3.63, 3.8) is 0 Å². The van der Waals surface area contributed by atoms with Crippen LogP contribution in [0.4, 0.5) is 0 Å². The normalized spacial score (nSPS) is 9.94. The van der Waals surface area contributed by atoms with E-state index in [0.717, 1.165) is 0 Å². The van der Waals surface area contributed by atoms with Crippen LogP contribution in [0, 0.1) is 11.3 Å². The van der Waals surface area contributed by atoms with Crippen molar-refractivity contribution >= 4 is 11.6 Å². The lowest BCUT2D eigenvalue weighted by Gasteiger charge is -2.08. The molecule has 0 aliphatic carbocycles. The topological polar surface area (TPSA) is 51.5 Å². The van der Waals surface area contributed by atoms with E-state index in [1.165, 1.54) is 0 Å². The van der Waals surface area contributed by atoms with Gasteiger partial charge in [0.1, 0.15) is 12.4 Å². The Kier molecular flexibility index (Phi) is 6.41. The number of benzene rings is 1. The van der Waals surface area contributed by atoms with E-state index in [4.69, 9.17) is 31.1 Å². The fourth-order valence-electron chi connectivity index (χ4n) is 1.14. The molecule has 0 radical (unpaired) electrons. The second kappa shape index (κ2) is 7.91. The number of ether oxygens (including phenoxy) is 3. The third kappa shape index (κ3) is 5.05. The summed E-state index contributed by atoms with van der Waals surface area (Å²) in [5.74, 6) is 0.556. The van der Waals surface area contributed by atoms with Gasteiger partial charge in [-0.25, -0.2) is 0 Å². The van der Waals surface area contributed by atoms with Gasteiger partial charge in [0.15, 0.2) is 0 Å². The highest BCUT2D eigenvalue weighted by Gasteiger charge is 2.02. The molecule has 0 saturated heterocycles. The summed E-state index contributed by atoms with van der Waals surface area (Å²) < 4.78 is 15.5. The first-order valence-electron chi connectivity index (χ1n) is 5.17. The number of rotatable bonds is 7. The zero-order valence-electron chi connectivity index (χ0n) is 9.61. The third-order valence-electron chi connectivity index (χ3n) is 1.98. The van der Waals surface area contributed by atoms with E-state index in [1.807, 2.05) is 6.07 Å². The first-order chi connectivity index (χ1) is 8.27. The van der Waals surface area contributed by atoms with Gasteiger partial charge in [-0.15, -0.1) is 0 Å². The average Bonchev–Trinajstić information content (AvgIpc) is 2.35. The number of halogens is 1. The monoisotopic (exact) mass is 255 g/mol. The molecular weight excluding hydrogens is 242 g/mol. The molecule has 0 aliphatic rings. The van der Waals surface area contributed by atoms with Crippen molar-refractivity contribution in [1.29, 1.82) is 5.26 Å². The van der Waals surface area contributed by atoms with Gasteiger partial charge >= 0.3 is 0 Å². The van der Waals surface area contributed by atoms with Gasteiger partial charge in [0.25, 0.3) is 0 Å². The fraction of sp³-hybridized carbons (Fsp3) is 0.417. The van der Waals surface area contributed by atoms with Gasteiger partial charge in [-0.2, -0.15) is 5.26 Å². The Labute approximate surface area is 106 Å². The van der Waals surface area contributed by atoms with Crippen LogP contribution in [0.15, 0.2) is 18.2 Å². The van der Waals surface area contributed by atoms with E-state index in [9.17, 15) is 0 Å². The number of methoxy groups -OCH3 is 1. The minimum atomic E-state index is 0.412. The second-order valence-electron chi connectivity index (χ2n) is 3.21. The van der Waals surface area contributed by atoms with Crippen LogP contribution in [0.5, 0.6) is 5.75 Å². The molecule has 0 saturated carbocycles. The molecule has 0 fully saturated rings. The molecule has 0 unspecified atom stereocenters. The molecule has 17 heavy (non-hydrogen) atoms. The Balaban J connectivity index is 2.30. The highest BCUT2D eigenvalue weighted by atomic mass is 35.5. The van der Waals surface area contributed by atoms with Crippen molar-refractivity contribution < 1.29 is 14.2 Å². The SMILES string of the molecule is COCCOCCOc1ccc(C#N)cc1Cl. The standard InChI is InChI=1S/C12H14ClNO3/c1-15-4-5-16-6-7-17-12-3-2-10(9-14)8-11(12)13/h2-3,8H,4-7H2,1H3. The van der Waals surface area contributed by atoms with Crippen LogP contribution >= 0.6 is 11.6 Å². The van der Waals surface area contributed by atoms with Crippen LogP contribution < -0.4 is 4.74 Å². The predicted molar refractivity (Wildman–Crippen MR) is 64.4 cm³/mol. The zero-order chi connectivity index (χ0) is 12.5. The highest BCUT2D eigenvalue weighted by Crippen LogP contribution is 2.24. The lowest BCUT2D eigenvalue weighted by molar-refractivity contribution is 0.0544. The van der Waals surface area contributed by atoms with Gasteiger partial charge in [-0.1, -0.05) is 11.6 Å². The van der Waals surface area contributed by atoms with E-state index < -0.39 is 0 Å². The fourth-order valence-corrected chi connectivity index (χ4v) is 1.38. The van der Waals surface area contributed by atoms with Crippen molar-refractivity contribution in [2.75, 3.05) is 33.5 Å². The summed E-state index contributed by atoms with van der Waals surface area (Å²) in [4.78, 5) is 0. The van der Waals surface area contributed by atoms with Gasteiger partial charge in [0.05, 0.1) is 36.5 Å². The van der Waals surface area contributed by atoms with Crippen LogP contribution in [0.25, 0.3) is 0 Å². The molecule has 0 aromatic heterocycles. The molecule has 0 aliphatic heterocycles. The molecule has 5 heteroatoms. The molecule has 0 spiro atoms. The molecule has 0 N–H and O–H groups in total. The Morgan fingerprint density at radius 2 is 2.00 bits per heavy atom. The van der Waals surface area contributed by atoms with Crippen molar-refractivity contribution in [1.82, 2.24) is 0 Å². The molecular formula is C12H14ClNO3. The first kappa shape index (κ1) is 13.8. The van der Waals surface area contributed by atoms with E-state index in [0.29, 0.717) is 42.8 Å². The maximum absolute atomic E-state index is 8.67. The van der Waals surface area contributed by atoms with Gasteiger partial charge in [0, 0.05) is 7.11 Å². The summed E-state index contributed by atoms with van der Waals surface area (Å²) in [5.41, 5.74) is 0.513. The lowest BCUT2D eigenvalue weighted by Crippen LogP contribution is -2.10. The molecule has 1 aromatic carbocycles. The first-order valence-corrected chi connectivity index (χ1v) is 5.55. The van der Waals surface area contributed by atoms with Gasteiger partial charge in [0.2, 0.25) is 0 Å². The Hall–Kier alpha value is -1.28. The largest absolute Gasteiger partial charge is 0.490 e. The van der Waals surface area contributed by atoms with E-state index in [-0.39, 0.29) is 0 Å². The quantitative estimate of drug-likeness (QED) is 0.702. The summed E-state index contributed by atoms with van der Waals surface area (Å²) >= 11 is 5.93. The maximum Gasteiger partial charge on any atom is 0.138 e. The molecule has 4 nitrogen and oxygen atoms in total. The minimum Gasteiger partial charge on any atom is -0.490 e. The van der Waals surface area contributed by atoms with Gasteiger partial charge < -0.3 is 14.2 Å². The molecule has 1 aromatic rings. The van der Waals surface area contributed by atoms with Crippen molar-refractivity contribution in [3.05, 3.63) is 28.8 Å². The maximum atomic E-state index is 8.67. The number of hydrogen-bond donors (Lipinski definition) is 0. The van der Waals surface area contributed by atoms with Crippen molar-refractivity contribution in [2.24, 2.45) is 0 Å². The molecule has 1 rings (SSSR count). The second-order valence-corrected chi connectivity index (χ2v) is 3.62.